The third-order valence-corrected chi connectivity index (χ3v) is 9.49. The van der Waals surface area contributed by atoms with Gasteiger partial charge in [-0.15, -0.1) is 0 Å². The normalized spacial score (nSPS) is 12.4. The highest BCUT2D eigenvalue weighted by Crippen LogP contribution is 2.32. The van der Waals surface area contributed by atoms with Crippen molar-refractivity contribution >= 4 is 19.0 Å². The maximum atomic E-state index is 13.0. The molecule has 0 heterocycles. The second-order valence-corrected chi connectivity index (χ2v) is 12.1. The first-order valence-electron chi connectivity index (χ1n) is 9.30. The number of benzene rings is 3. The number of ketones is 1. The van der Waals surface area contributed by atoms with Crippen LogP contribution < -0.4 is 9.92 Å². The zero-order chi connectivity index (χ0) is 19.3. The van der Waals surface area contributed by atoms with Gasteiger partial charge >= 0.3 is 0 Å². The molecule has 0 saturated carbocycles. The maximum absolute atomic E-state index is 13.0. The van der Waals surface area contributed by atoms with E-state index in [9.17, 15) is 4.79 Å². The van der Waals surface area contributed by atoms with Gasteiger partial charge in [-0.2, -0.15) is 0 Å². The third-order valence-electron chi connectivity index (χ3n) is 5.39. The van der Waals surface area contributed by atoms with Crippen LogP contribution in [0.3, 0.4) is 0 Å². The molecule has 0 aromatic heterocycles. The van der Waals surface area contributed by atoms with Gasteiger partial charge < -0.3 is 4.74 Å². The Labute approximate surface area is 162 Å². The first-order valence-corrected chi connectivity index (χ1v) is 12.4. The molecule has 3 heteroatoms. The molecule has 0 spiro atoms. The highest BCUT2D eigenvalue weighted by Gasteiger charge is 2.36. The van der Waals surface area contributed by atoms with E-state index in [0.29, 0.717) is 6.42 Å². The second kappa shape index (κ2) is 8.36. The van der Waals surface area contributed by atoms with Crippen LogP contribution in [0.15, 0.2) is 84.9 Å². The van der Waals surface area contributed by atoms with Crippen LogP contribution in [0, 0.1) is 0 Å². The minimum absolute atomic E-state index is 0.193. The van der Waals surface area contributed by atoms with Gasteiger partial charge in [0.1, 0.15) is 5.75 Å². The number of hydrogen-bond acceptors (Lipinski definition) is 2. The summed E-state index contributed by atoms with van der Waals surface area (Å²) >= 11 is 0. The fourth-order valence-corrected chi connectivity index (χ4v) is 6.80. The average molecular weight is 375 g/mol. The van der Waals surface area contributed by atoms with E-state index in [2.05, 4.69) is 49.5 Å². The van der Waals surface area contributed by atoms with Crippen LogP contribution in [-0.4, -0.2) is 21.0 Å². The minimum Gasteiger partial charge on any atom is -0.497 e. The van der Waals surface area contributed by atoms with Crippen LogP contribution >= 0.6 is 0 Å². The second-order valence-electron chi connectivity index (χ2n) is 7.41. The lowest BCUT2D eigenvalue weighted by Gasteiger charge is -2.33. The maximum Gasteiger partial charge on any atom is 0.163 e. The molecule has 2 nitrogen and oxygen atoms in total. The first kappa shape index (κ1) is 19.1. The van der Waals surface area contributed by atoms with Crippen molar-refractivity contribution in [3.63, 3.8) is 0 Å². The molecule has 0 saturated heterocycles. The Kier molecular flexibility index (Phi) is 5.92. The molecule has 0 aliphatic heterocycles. The molecule has 0 aliphatic carbocycles. The lowest BCUT2D eigenvalue weighted by atomic mass is 10.0. The van der Waals surface area contributed by atoms with Gasteiger partial charge in [0.15, 0.2) is 5.78 Å². The SMILES string of the molecule is COc1ccc(C(CC(=O)c2ccccc2)[Si](C)(C)c2ccccc2)cc1. The molecule has 0 aliphatic rings. The van der Waals surface area contributed by atoms with Gasteiger partial charge in [0.05, 0.1) is 15.2 Å². The monoisotopic (exact) mass is 374 g/mol. The van der Waals surface area contributed by atoms with Gasteiger partial charge in [0.2, 0.25) is 0 Å². The number of rotatable bonds is 7. The largest absolute Gasteiger partial charge is 0.497 e. The lowest BCUT2D eigenvalue weighted by molar-refractivity contribution is 0.0980. The predicted molar refractivity (Wildman–Crippen MR) is 115 cm³/mol. The van der Waals surface area contributed by atoms with Gasteiger partial charge in [-0.25, -0.2) is 0 Å². The van der Waals surface area contributed by atoms with E-state index in [0.717, 1.165) is 11.3 Å². The summed E-state index contributed by atoms with van der Waals surface area (Å²) in [5.74, 6) is 1.04. The number of methoxy groups -OCH3 is 1. The van der Waals surface area contributed by atoms with E-state index in [1.54, 1.807) is 7.11 Å². The molecule has 27 heavy (non-hydrogen) atoms. The number of hydrogen-bond donors (Lipinski definition) is 0. The van der Waals surface area contributed by atoms with Crippen molar-refractivity contribution in [2.45, 2.75) is 25.1 Å². The number of carbonyl (C=O) groups excluding carboxylic acids is 1. The van der Waals surface area contributed by atoms with Crippen molar-refractivity contribution in [3.05, 3.63) is 96.1 Å². The fraction of sp³-hybridized carbons (Fsp3) is 0.208. The van der Waals surface area contributed by atoms with Crippen LogP contribution in [0.2, 0.25) is 13.1 Å². The Morgan fingerprint density at radius 3 is 1.96 bits per heavy atom. The standard InChI is InChI=1S/C24H26O2Si/c1-26-21-16-14-20(15-17-21)24(18-23(25)19-10-6-4-7-11-19)27(2,3)22-12-8-5-9-13-22/h4-17,24H,18H2,1-3H3. The summed E-state index contributed by atoms with van der Waals surface area (Å²) < 4.78 is 5.31. The van der Waals surface area contributed by atoms with Crippen molar-refractivity contribution in [1.29, 1.82) is 0 Å². The number of Topliss-reactive ketones (excluding diaryl/α,β-unsaturated/α-hetero) is 1. The fourth-order valence-electron chi connectivity index (χ4n) is 3.62. The predicted octanol–water partition coefficient (Wildman–Crippen LogP) is 5.21. The molecule has 0 amide bonds. The third kappa shape index (κ3) is 4.37. The van der Waals surface area contributed by atoms with Crippen molar-refractivity contribution in [2.24, 2.45) is 0 Å². The molecule has 0 fully saturated rings. The quantitative estimate of drug-likeness (QED) is 0.419. The van der Waals surface area contributed by atoms with Gasteiger partial charge in [-0.1, -0.05) is 91.1 Å². The van der Waals surface area contributed by atoms with E-state index in [-0.39, 0.29) is 11.3 Å². The molecule has 1 atom stereocenters. The van der Waals surface area contributed by atoms with Gasteiger partial charge in [0.25, 0.3) is 0 Å². The summed E-state index contributed by atoms with van der Waals surface area (Å²) in [6.45, 7) is 4.71. The molecule has 0 N–H and O–H groups in total. The Balaban J connectivity index is 1.99. The summed E-state index contributed by atoms with van der Waals surface area (Å²) in [5, 5.41) is 1.37. The van der Waals surface area contributed by atoms with E-state index in [1.807, 2.05) is 48.5 Å². The first-order chi connectivity index (χ1) is 13.0. The topological polar surface area (TPSA) is 26.3 Å². The average Bonchev–Trinajstić information content (AvgIpc) is 2.73. The highest BCUT2D eigenvalue weighted by molar-refractivity contribution is 6.91. The van der Waals surface area contributed by atoms with E-state index in [1.165, 1.54) is 10.8 Å². The van der Waals surface area contributed by atoms with Crippen molar-refractivity contribution in [1.82, 2.24) is 0 Å². The highest BCUT2D eigenvalue weighted by atomic mass is 28.3. The van der Waals surface area contributed by atoms with Crippen molar-refractivity contribution in [3.8, 4) is 5.75 Å². The summed E-state index contributed by atoms with van der Waals surface area (Å²) in [7, 11) is -0.260. The summed E-state index contributed by atoms with van der Waals surface area (Å²) in [6.07, 6.45) is 0.518. The lowest BCUT2D eigenvalue weighted by Crippen LogP contribution is -2.48. The van der Waals surface area contributed by atoms with Crippen LogP contribution in [0.25, 0.3) is 0 Å². The summed E-state index contributed by atoms with van der Waals surface area (Å²) in [4.78, 5) is 13.0. The molecule has 3 rings (SSSR count). The number of carbonyl (C=O) groups is 1. The van der Waals surface area contributed by atoms with Gasteiger partial charge in [-0.3, -0.25) is 4.79 Å². The van der Waals surface area contributed by atoms with Crippen LogP contribution in [-0.2, 0) is 0 Å². The molecule has 0 bridgehead atoms. The zero-order valence-electron chi connectivity index (χ0n) is 16.2. The Bertz CT molecular complexity index is 871. The Hall–Kier alpha value is -2.65. The van der Waals surface area contributed by atoms with Gasteiger partial charge in [-0.05, 0) is 23.2 Å². The summed E-state index contributed by atoms with van der Waals surface area (Å²) in [6, 6.07) is 28.5. The minimum atomic E-state index is -1.93. The van der Waals surface area contributed by atoms with Crippen molar-refractivity contribution in [2.75, 3.05) is 7.11 Å². The molecular weight excluding hydrogens is 348 g/mol. The molecule has 1 unspecified atom stereocenters. The Morgan fingerprint density at radius 1 is 0.852 bits per heavy atom. The van der Waals surface area contributed by atoms with Gasteiger partial charge in [0, 0.05) is 12.0 Å². The smallest absolute Gasteiger partial charge is 0.163 e. The van der Waals surface area contributed by atoms with E-state index >= 15 is 0 Å². The van der Waals surface area contributed by atoms with Crippen LogP contribution in [0.5, 0.6) is 5.75 Å². The Morgan fingerprint density at radius 2 is 1.41 bits per heavy atom. The molecular formula is C24H26O2Si. The molecule has 138 valence electrons. The van der Waals surface area contributed by atoms with Crippen LogP contribution in [0.4, 0.5) is 0 Å². The number of ether oxygens (including phenoxy) is 1. The zero-order valence-corrected chi connectivity index (χ0v) is 17.2. The van der Waals surface area contributed by atoms with Crippen LogP contribution in [0.1, 0.15) is 27.9 Å². The molecule has 3 aromatic carbocycles. The van der Waals surface area contributed by atoms with E-state index in [4.69, 9.17) is 4.74 Å². The summed E-state index contributed by atoms with van der Waals surface area (Å²) in [5.41, 5.74) is 2.19. The molecule has 3 aromatic rings. The van der Waals surface area contributed by atoms with E-state index < -0.39 is 8.07 Å². The molecule has 0 radical (unpaired) electrons. The van der Waals surface area contributed by atoms with Crippen molar-refractivity contribution < 1.29 is 9.53 Å².